The highest BCUT2D eigenvalue weighted by Gasteiger charge is 2.24. The summed E-state index contributed by atoms with van der Waals surface area (Å²) in [6.07, 6.45) is 0.225. The Morgan fingerprint density at radius 2 is 1.76 bits per heavy atom. The summed E-state index contributed by atoms with van der Waals surface area (Å²) < 4.78 is 5.51. The lowest BCUT2D eigenvalue weighted by atomic mass is 10.2. The first-order valence-corrected chi connectivity index (χ1v) is 10.8. The minimum Gasteiger partial charge on any atom is -0.494 e. The van der Waals surface area contributed by atoms with Crippen molar-refractivity contribution in [2.24, 2.45) is 10.2 Å². The Bertz CT molecular complexity index is 1100. The zero-order valence-corrected chi connectivity index (χ0v) is 20.1. The van der Waals surface area contributed by atoms with E-state index in [0.29, 0.717) is 24.5 Å². The molecular formula is C20H23BrN6O6. The quantitative estimate of drug-likeness (QED) is 0.232. The number of non-ortho nitro benzene ring substituents is 1. The number of azo groups is 1. The molecule has 0 radical (unpaired) electrons. The molecule has 0 bridgehead atoms. The van der Waals surface area contributed by atoms with Crippen LogP contribution in [0.1, 0.15) is 27.2 Å². The predicted molar refractivity (Wildman–Crippen MR) is 127 cm³/mol. The van der Waals surface area contributed by atoms with Crippen LogP contribution in [0, 0.1) is 20.2 Å². The third kappa shape index (κ3) is 6.00. The molecule has 176 valence electrons. The van der Waals surface area contributed by atoms with Crippen LogP contribution in [0.15, 0.2) is 39.0 Å². The van der Waals surface area contributed by atoms with Crippen molar-refractivity contribution < 1.29 is 19.4 Å². The highest BCUT2D eigenvalue weighted by atomic mass is 79.9. The van der Waals surface area contributed by atoms with E-state index in [1.54, 1.807) is 19.1 Å². The van der Waals surface area contributed by atoms with Crippen LogP contribution in [0.25, 0.3) is 0 Å². The summed E-state index contributed by atoms with van der Waals surface area (Å²) in [4.78, 5) is 35.1. The van der Waals surface area contributed by atoms with E-state index in [-0.39, 0.29) is 28.2 Å². The van der Waals surface area contributed by atoms with E-state index in [1.165, 1.54) is 7.11 Å². The van der Waals surface area contributed by atoms with Crippen molar-refractivity contribution in [3.63, 3.8) is 0 Å². The Balaban J connectivity index is 2.67. The van der Waals surface area contributed by atoms with Crippen molar-refractivity contribution in [2.75, 3.05) is 30.4 Å². The molecule has 0 aliphatic rings. The van der Waals surface area contributed by atoms with Crippen molar-refractivity contribution in [1.82, 2.24) is 0 Å². The number of rotatable bonds is 10. The summed E-state index contributed by atoms with van der Waals surface area (Å²) >= 11 is 3.09. The van der Waals surface area contributed by atoms with E-state index < -0.39 is 21.2 Å². The van der Waals surface area contributed by atoms with E-state index in [0.717, 1.165) is 17.8 Å². The van der Waals surface area contributed by atoms with Gasteiger partial charge < -0.3 is 15.0 Å². The highest BCUT2D eigenvalue weighted by molar-refractivity contribution is 9.10. The monoisotopic (exact) mass is 522 g/mol. The second kappa shape index (κ2) is 11.3. The molecule has 0 atom stereocenters. The molecule has 0 aliphatic heterocycles. The Kier molecular flexibility index (Phi) is 8.79. The summed E-state index contributed by atoms with van der Waals surface area (Å²) in [6, 6.07) is 5.18. The topological polar surface area (TPSA) is 153 Å². The SMILES string of the molecule is CCC(=O)Nc1cc(N(CC)CC)c(OC)cc1/N=N/c1c(Br)cc([N+](=O)[O-])cc1[N+](=O)[O-]. The minimum atomic E-state index is -0.782. The molecule has 0 saturated heterocycles. The van der Waals surface area contributed by atoms with Gasteiger partial charge in [0.05, 0.1) is 38.9 Å². The van der Waals surface area contributed by atoms with E-state index in [4.69, 9.17) is 4.74 Å². The largest absolute Gasteiger partial charge is 0.494 e. The van der Waals surface area contributed by atoms with E-state index in [9.17, 15) is 25.0 Å². The number of nitrogens with zero attached hydrogens (tertiary/aromatic N) is 5. The standard InChI is InChI=1S/C20H23BrN6O6/c1-5-19(28)22-14-10-16(25(6-2)7-3)18(33-4)11-15(14)23-24-20-13(21)8-12(26(29)30)9-17(20)27(31)32/h8-11H,5-7H2,1-4H3,(H,22,28)/b24-23+. The first-order chi connectivity index (χ1) is 15.7. The smallest absolute Gasteiger partial charge is 0.304 e. The van der Waals surface area contributed by atoms with Gasteiger partial charge in [-0.3, -0.25) is 25.0 Å². The van der Waals surface area contributed by atoms with Gasteiger partial charge in [0.2, 0.25) is 5.91 Å². The number of amides is 1. The van der Waals surface area contributed by atoms with Crippen molar-refractivity contribution >= 4 is 56.0 Å². The molecule has 0 saturated carbocycles. The number of nitro groups is 2. The van der Waals surface area contributed by atoms with Gasteiger partial charge >= 0.3 is 5.69 Å². The Morgan fingerprint density at radius 1 is 1.09 bits per heavy atom. The summed E-state index contributed by atoms with van der Waals surface area (Å²) in [6.45, 7) is 7.04. The van der Waals surface area contributed by atoms with Gasteiger partial charge in [-0.05, 0) is 35.8 Å². The maximum absolute atomic E-state index is 12.1. The zero-order valence-electron chi connectivity index (χ0n) is 18.5. The third-order valence-electron chi connectivity index (χ3n) is 4.69. The van der Waals surface area contributed by atoms with Gasteiger partial charge in [-0.1, -0.05) is 6.92 Å². The van der Waals surface area contributed by atoms with Crippen molar-refractivity contribution in [2.45, 2.75) is 27.2 Å². The molecule has 12 nitrogen and oxygen atoms in total. The number of hydrogen-bond donors (Lipinski definition) is 1. The number of nitro benzene ring substituents is 2. The van der Waals surface area contributed by atoms with Gasteiger partial charge in [0.15, 0.2) is 5.69 Å². The number of halogens is 1. The third-order valence-corrected chi connectivity index (χ3v) is 5.29. The molecule has 33 heavy (non-hydrogen) atoms. The van der Waals surface area contributed by atoms with Crippen molar-refractivity contribution in [3.05, 3.63) is 49.0 Å². The van der Waals surface area contributed by atoms with Crippen LogP contribution >= 0.6 is 15.9 Å². The second-order valence-electron chi connectivity index (χ2n) is 6.62. The molecule has 2 rings (SSSR count). The lowest BCUT2D eigenvalue weighted by Crippen LogP contribution is -2.22. The number of anilines is 2. The number of carbonyl (C=O) groups excluding carboxylic acids is 1. The molecular weight excluding hydrogens is 500 g/mol. The summed E-state index contributed by atoms with van der Waals surface area (Å²) in [5.41, 5.74) is 0.0120. The fraction of sp³-hybridized carbons (Fsp3) is 0.350. The van der Waals surface area contributed by atoms with Crippen molar-refractivity contribution in [3.8, 4) is 5.75 Å². The number of methoxy groups -OCH3 is 1. The fourth-order valence-corrected chi connectivity index (χ4v) is 3.49. The number of ether oxygens (including phenoxy) is 1. The lowest BCUT2D eigenvalue weighted by Gasteiger charge is -2.24. The Hall–Kier alpha value is -3.61. The summed E-state index contributed by atoms with van der Waals surface area (Å²) in [5.74, 6) is 0.212. The number of hydrogen-bond acceptors (Lipinski definition) is 9. The number of benzene rings is 2. The first-order valence-electron chi connectivity index (χ1n) is 9.97. The molecule has 0 aromatic heterocycles. The van der Waals surface area contributed by atoms with Gasteiger partial charge in [-0.25, -0.2) is 0 Å². The van der Waals surface area contributed by atoms with Crippen LogP contribution in [0.3, 0.4) is 0 Å². The average Bonchev–Trinajstić information content (AvgIpc) is 2.79. The maximum Gasteiger partial charge on any atom is 0.304 e. The van der Waals surface area contributed by atoms with Gasteiger partial charge in [0, 0.05) is 31.6 Å². The summed E-state index contributed by atoms with van der Waals surface area (Å²) in [7, 11) is 1.49. The van der Waals surface area contributed by atoms with Crippen LogP contribution < -0.4 is 15.0 Å². The minimum absolute atomic E-state index is 0.0259. The molecule has 0 spiro atoms. The zero-order chi connectivity index (χ0) is 24.7. The second-order valence-corrected chi connectivity index (χ2v) is 7.48. The molecule has 2 aromatic carbocycles. The van der Waals surface area contributed by atoms with Crippen molar-refractivity contribution in [1.29, 1.82) is 0 Å². The number of carbonyl (C=O) groups is 1. The van der Waals surface area contributed by atoms with Gasteiger partial charge in [-0.15, -0.1) is 10.2 Å². The van der Waals surface area contributed by atoms with E-state index >= 15 is 0 Å². The summed E-state index contributed by atoms with van der Waals surface area (Å²) in [5, 5.41) is 33.4. The molecule has 1 N–H and O–H groups in total. The van der Waals surface area contributed by atoms with Gasteiger partial charge in [-0.2, -0.15) is 0 Å². The fourth-order valence-electron chi connectivity index (χ4n) is 2.97. The van der Waals surface area contributed by atoms with Crippen LogP contribution in [-0.4, -0.2) is 36.0 Å². The van der Waals surface area contributed by atoms with Crippen LogP contribution in [0.2, 0.25) is 0 Å². The van der Waals surface area contributed by atoms with E-state index in [2.05, 4.69) is 31.5 Å². The average molecular weight is 523 g/mol. The van der Waals surface area contributed by atoms with Gasteiger partial charge in [0.25, 0.3) is 5.69 Å². The lowest BCUT2D eigenvalue weighted by molar-refractivity contribution is -0.393. The first kappa shape index (κ1) is 25.6. The molecule has 1 amide bonds. The van der Waals surface area contributed by atoms with Gasteiger partial charge in [0.1, 0.15) is 11.4 Å². The molecule has 13 heteroatoms. The van der Waals surface area contributed by atoms with E-state index in [1.807, 2.05) is 18.7 Å². The van der Waals surface area contributed by atoms with Crippen LogP contribution in [-0.2, 0) is 4.79 Å². The molecule has 2 aromatic rings. The molecule has 0 heterocycles. The highest BCUT2D eigenvalue weighted by Crippen LogP contribution is 2.42. The maximum atomic E-state index is 12.1. The predicted octanol–water partition coefficient (Wildman–Crippen LogP) is 5.88. The molecule has 0 fully saturated rings. The van der Waals surface area contributed by atoms with Crippen LogP contribution in [0.4, 0.5) is 34.1 Å². The normalized spacial score (nSPS) is 10.8. The molecule has 0 unspecified atom stereocenters. The number of nitrogens with one attached hydrogen (secondary N) is 1. The van der Waals surface area contributed by atoms with Crippen LogP contribution in [0.5, 0.6) is 5.75 Å². The molecule has 0 aliphatic carbocycles. The Morgan fingerprint density at radius 3 is 2.27 bits per heavy atom. The Labute approximate surface area is 198 Å².